The smallest absolute Gasteiger partial charge is 0.326 e. The first kappa shape index (κ1) is 22.4. The third-order valence-corrected chi connectivity index (χ3v) is 4.82. The summed E-state index contributed by atoms with van der Waals surface area (Å²) >= 11 is 0. The number of amides is 3. The van der Waals surface area contributed by atoms with E-state index in [-0.39, 0.29) is 18.4 Å². The molecule has 0 unspecified atom stereocenters. The summed E-state index contributed by atoms with van der Waals surface area (Å²) in [7, 11) is 0. The molecular formula is C21H29N3O5. The van der Waals surface area contributed by atoms with Gasteiger partial charge >= 0.3 is 5.97 Å². The lowest BCUT2D eigenvalue weighted by Gasteiger charge is -2.19. The van der Waals surface area contributed by atoms with E-state index in [4.69, 9.17) is 4.74 Å². The number of carbonyl (C=O) groups excluding carboxylic acids is 4. The van der Waals surface area contributed by atoms with Crippen molar-refractivity contribution in [1.29, 1.82) is 0 Å². The summed E-state index contributed by atoms with van der Waals surface area (Å²) < 4.78 is 4.98. The minimum Gasteiger partial charge on any atom is -0.454 e. The highest BCUT2D eigenvalue weighted by molar-refractivity contribution is 5.96. The van der Waals surface area contributed by atoms with E-state index >= 15 is 0 Å². The van der Waals surface area contributed by atoms with Gasteiger partial charge in [0.25, 0.3) is 11.8 Å². The number of esters is 1. The first-order valence-electron chi connectivity index (χ1n) is 10.1. The van der Waals surface area contributed by atoms with Crippen molar-refractivity contribution >= 4 is 29.4 Å². The van der Waals surface area contributed by atoms with E-state index < -0.39 is 18.5 Å². The molecule has 1 fully saturated rings. The zero-order valence-corrected chi connectivity index (χ0v) is 17.1. The van der Waals surface area contributed by atoms with Gasteiger partial charge in [0.2, 0.25) is 5.91 Å². The Morgan fingerprint density at radius 2 is 1.76 bits per heavy atom. The summed E-state index contributed by atoms with van der Waals surface area (Å²) in [5.74, 6) is -1.20. The molecule has 2 rings (SSSR count). The second-order valence-corrected chi connectivity index (χ2v) is 6.89. The van der Waals surface area contributed by atoms with Crippen LogP contribution >= 0.6 is 0 Å². The molecule has 0 radical (unpaired) electrons. The van der Waals surface area contributed by atoms with Gasteiger partial charge in [-0.25, -0.2) is 0 Å². The molecule has 0 saturated carbocycles. The monoisotopic (exact) mass is 403 g/mol. The van der Waals surface area contributed by atoms with Crippen LogP contribution in [-0.4, -0.2) is 66.3 Å². The molecule has 3 amide bonds. The summed E-state index contributed by atoms with van der Waals surface area (Å²) in [6.45, 7) is 5.07. The van der Waals surface area contributed by atoms with Crippen LogP contribution in [0.25, 0.3) is 0 Å². The molecule has 0 aliphatic carbocycles. The zero-order valence-electron chi connectivity index (χ0n) is 17.1. The first-order valence-corrected chi connectivity index (χ1v) is 10.1. The van der Waals surface area contributed by atoms with E-state index in [0.29, 0.717) is 37.3 Å². The second-order valence-electron chi connectivity index (χ2n) is 6.89. The van der Waals surface area contributed by atoms with Gasteiger partial charge in [0, 0.05) is 37.3 Å². The molecule has 0 atom stereocenters. The molecule has 1 aromatic rings. The molecule has 0 aromatic heterocycles. The van der Waals surface area contributed by atoms with E-state index in [1.54, 1.807) is 29.2 Å². The topological polar surface area (TPSA) is 96.0 Å². The highest BCUT2D eigenvalue weighted by Gasteiger charge is 2.20. The van der Waals surface area contributed by atoms with Gasteiger partial charge in [0.1, 0.15) is 6.54 Å². The number of hydrogen-bond acceptors (Lipinski definition) is 5. The molecule has 1 aliphatic heterocycles. The maximum atomic E-state index is 12.3. The third-order valence-electron chi connectivity index (χ3n) is 4.82. The average molecular weight is 403 g/mol. The Hall–Kier alpha value is -2.90. The minimum absolute atomic E-state index is 0.0525. The molecule has 1 saturated heterocycles. The summed E-state index contributed by atoms with van der Waals surface area (Å²) in [5, 5.41) is 2.62. The number of benzene rings is 1. The van der Waals surface area contributed by atoms with Gasteiger partial charge in [-0.05, 0) is 51.0 Å². The van der Waals surface area contributed by atoms with Crippen LogP contribution in [0.2, 0.25) is 0 Å². The van der Waals surface area contributed by atoms with Gasteiger partial charge in [-0.2, -0.15) is 0 Å². The van der Waals surface area contributed by atoms with E-state index in [1.807, 2.05) is 13.8 Å². The highest BCUT2D eigenvalue weighted by Crippen LogP contribution is 2.12. The van der Waals surface area contributed by atoms with E-state index in [2.05, 4.69) is 5.32 Å². The summed E-state index contributed by atoms with van der Waals surface area (Å²) in [5.41, 5.74) is 1.05. The predicted molar refractivity (Wildman–Crippen MR) is 108 cm³/mol. The SMILES string of the molecule is CCN(CC)C(=O)c1ccc(NC(=O)COC(=O)CN2CCCCCC2=O)cc1. The molecule has 1 N–H and O–H groups in total. The molecular weight excluding hydrogens is 374 g/mol. The minimum atomic E-state index is -0.601. The van der Waals surface area contributed by atoms with Gasteiger partial charge in [0.15, 0.2) is 6.61 Å². The number of nitrogens with zero attached hydrogens (tertiary/aromatic N) is 2. The molecule has 1 aliphatic rings. The lowest BCUT2D eigenvalue weighted by molar-refractivity contribution is -0.151. The number of hydrogen-bond donors (Lipinski definition) is 1. The Labute approximate surface area is 171 Å². The quantitative estimate of drug-likeness (QED) is 0.670. The van der Waals surface area contributed by atoms with Crippen LogP contribution in [0.15, 0.2) is 24.3 Å². The molecule has 1 aromatic carbocycles. The molecule has 8 heteroatoms. The van der Waals surface area contributed by atoms with Gasteiger partial charge in [-0.15, -0.1) is 0 Å². The number of rotatable bonds is 8. The van der Waals surface area contributed by atoms with Crippen molar-refractivity contribution in [2.75, 3.05) is 38.1 Å². The lowest BCUT2D eigenvalue weighted by Crippen LogP contribution is -2.36. The summed E-state index contributed by atoms with van der Waals surface area (Å²) in [6.07, 6.45) is 3.12. The van der Waals surface area contributed by atoms with Gasteiger partial charge in [-0.1, -0.05) is 6.42 Å². The Kier molecular flexibility index (Phi) is 8.64. The summed E-state index contributed by atoms with van der Waals surface area (Å²) in [6, 6.07) is 6.55. The average Bonchev–Trinajstić information content (AvgIpc) is 2.92. The number of anilines is 1. The van der Waals surface area contributed by atoms with Crippen LogP contribution < -0.4 is 5.32 Å². The number of nitrogens with one attached hydrogen (secondary N) is 1. The van der Waals surface area contributed by atoms with E-state index in [0.717, 1.165) is 19.3 Å². The van der Waals surface area contributed by atoms with Gasteiger partial charge in [0.05, 0.1) is 0 Å². The maximum absolute atomic E-state index is 12.3. The van der Waals surface area contributed by atoms with Crippen LogP contribution in [0.3, 0.4) is 0 Å². The van der Waals surface area contributed by atoms with Gasteiger partial charge in [-0.3, -0.25) is 19.2 Å². The fourth-order valence-corrected chi connectivity index (χ4v) is 3.14. The predicted octanol–water partition coefficient (Wildman–Crippen LogP) is 2.05. The zero-order chi connectivity index (χ0) is 21.2. The van der Waals surface area contributed by atoms with Crippen molar-refractivity contribution in [3.8, 4) is 0 Å². The molecule has 158 valence electrons. The Balaban J connectivity index is 1.79. The van der Waals surface area contributed by atoms with Crippen molar-refractivity contribution in [3.05, 3.63) is 29.8 Å². The highest BCUT2D eigenvalue weighted by atomic mass is 16.5. The molecule has 8 nitrogen and oxygen atoms in total. The normalized spacial score (nSPS) is 14.1. The Morgan fingerprint density at radius 1 is 1.07 bits per heavy atom. The standard InChI is InChI=1S/C21H29N3O5/c1-3-23(4-2)21(28)16-9-11-17(12-10-16)22-18(25)15-29-20(27)14-24-13-7-5-6-8-19(24)26/h9-12H,3-8,13-15H2,1-2H3,(H,22,25). The third kappa shape index (κ3) is 6.89. The van der Waals surface area contributed by atoms with Crippen LogP contribution in [0, 0.1) is 0 Å². The number of ether oxygens (including phenoxy) is 1. The summed E-state index contributed by atoms with van der Waals surface area (Å²) in [4.78, 5) is 51.3. The number of likely N-dealkylation sites (tertiary alicyclic amines) is 1. The molecule has 1 heterocycles. The molecule has 0 spiro atoms. The lowest BCUT2D eigenvalue weighted by atomic mass is 10.2. The van der Waals surface area contributed by atoms with Crippen molar-refractivity contribution in [3.63, 3.8) is 0 Å². The Morgan fingerprint density at radius 3 is 2.41 bits per heavy atom. The number of carbonyl (C=O) groups is 4. The van der Waals surface area contributed by atoms with Crippen LogP contribution in [-0.2, 0) is 19.1 Å². The van der Waals surface area contributed by atoms with Crippen molar-refractivity contribution in [2.24, 2.45) is 0 Å². The van der Waals surface area contributed by atoms with Gasteiger partial charge < -0.3 is 19.9 Å². The first-order chi connectivity index (χ1) is 13.9. The fraction of sp³-hybridized carbons (Fsp3) is 0.524. The van der Waals surface area contributed by atoms with Crippen LogP contribution in [0.4, 0.5) is 5.69 Å². The largest absolute Gasteiger partial charge is 0.454 e. The maximum Gasteiger partial charge on any atom is 0.326 e. The molecule has 29 heavy (non-hydrogen) atoms. The van der Waals surface area contributed by atoms with E-state index in [9.17, 15) is 19.2 Å². The van der Waals surface area contributed by atoms with Crippen LogP contribution in [0.1, 0.15) is 49.9 Å². The molecule has 0 bridgehead atoms. The fourth-order valence-electron chi connectivity index (χ4n) is 3.14. The second kappa shape index (κ2) is 11.2. The van der Waals surface area contributed by atoms with Crippen molar-refractivity contribution < 1.29 is 23.9 Å². The van der Waals surface area contributed by atoms with Crippen LogP contribution in [0.5, 0.6) is 0 Å². The van der Waals surface area contributed by atoms with Crippen molar-refractivity contribution in [1.82, 2.24) is 9.80 Å². The van der Waals surface area contributed by atoms with E-state index in [1.165, 1.54) is 4.90 Å². The van der Waals surface area contributed by atoms with Crippen molar-refractivity contribution in [2.45, 2.75) is 39.5 Å². The Bertz CT molecular complexity index is 728.